The summed E-state index contributed by atoms with van der Waals surface area (Å²) in [5.41, 5.74) is 7.33. The van der Waals surface area contributed by atoms with Crippen LogP contribution in [0.3, 0.4) is 0 Å². The van der Waals surface area contributed by atoms with Gasteiger partial charge >= 0.3 is 0 Å². The van der Waals surface area contributed by atoms with Gasteiger partial charge in [-0.25, -0.2) is 13.8 Å². The fourth-order valence-electron chi connectivity index (χ4n) is 5.45. The maximum Gasteiger partial charge on any atom is 0.225 e. The molecule has 2 N–H and O–H groups in total. The van der Waals surface area contributed by atoms with E-state index in [1.54, 1.807) is 34.7 Å². The van der Waals surface area contributed by atoms with Gasteiger partial charge in [0.05, 0.1) is 22.7 Å². The molecule has 0 radical (unpaired) electrons. The van der Waals surface area contributed by atoms with E-state index in [1.165, 1.54) is 0 Å². The molecule has 216 valence electrons. The van der Waals surface area contributed by atoms with Gasteiger partial charge in [0.25, 0.3) is 0 Å². The van der Waals surface area contributed by atoms with E-state index in [9.17, 15) is 8.78 Å². The fraction of sp³-hybridized carbons (Fsp3) is 0.444. The predicted octanol–water partition coefficient (Wildman–Crippen LogP) is 4.21. The third kappa shape index (κ3) is 5.28. The number of ether oxygens (including phenoxy) is 1. The molecular formula is C27H30F2N8O2S2. The number of hydrogen-bond donors (Lipinski definition) is 1. The topological polar surface area (TPSA) is 101 Å². The molecule has 10 nitrogen and oxygen atoms in total. The fourth-order valence-corrected chi connectivity index (χ4v) is 7.62. The van der Waals surface area contributed by atoms with Crippen molar-refractivity contribution in [2.45, 2.75) is 23.8 Å². The van der Waals surface area contributed by atoms with Crippen LogP contribution in [0.25, 0.3) is 17.2 Å². The van der Waals surface area contributed by atoms with Crippen molar-refractivity contribution in [3.63, 3.8) is 0 Å². The summed E-state index contributed by atoms with van der Waals surface area (Å²) >= 11 is 3.55. The minimum absolute atomic E-state index is 0.0152. The highest BCUT2D eigenvalue weighted by molar-refractivity contribution is 8.00. The van der Waals surface area contributed by atoms with Gasteiger partial charge < -0.3 is 24.7 Å². The highest BCUT2D eigenvalue weighted by Gasteiger charge is 2.29. The normalized spacial score (nSPS) is 18.4. The van der Waals surface area contributed by atoms with Gasteiger partial charge in [-0.15, -0.1) is 5.10 Å². The van der Waals surface area contributed by atoms with E-state index in [4.69, 9.17) is 14.9 Å². The van der Waals surface area contributed by atoms with Gasteiger partial charge in [0, 0.05) is 51.4 Å². The van der Waals surface area contributed by atoms with Gasteiger partial charge in [-0.1, -0.05) is 11.8 Å². The molecule has 0 aliphatic carbocycles. The van der Waals surface area contributed by atoms with Gasteiger partial charge in [0.2, 0.25) is 11.8 Å². The van der Waals surface area contributed by atoms with E-state index in [0.717, 1.165) is 73.2 Å². The van der Waals surface area contributed by atoms with Crippen LogP contribution < -0.4 is 20.3 Å². The summed E-state index contributed by atoms with van der Waals surface area (Å²) in [4.78, 5) is 16.8. The third-order valence-electron chi connectivity index (χ3n) is 7.72. The largest absolute Gasteiger partial charge is 0.487 e. The first-order valence-electron chi connectivity index (χ1n) is 13.7. The predicted molar refractivity (Wildman–Crippen MR) is 157 cm³/mol. The first-order valence-corrected chi connectivity index (χ1v) is 15.9. The van der Waals surface area contributed by atoms with Crippen LogP contribution in [-0.4, -0.2) is 87.2 Å². The monoisotopic (exact) mass is 600 g/mol. The molecular weight excluding hydrogens is 570 g/mol. The minimum Gasteiger partial charge on any atom is -0.487 e. The number of anilines is 3. The molecule has 0 unspecified atom stereocenters. The smallest absolute Gasteiger partial charge is 0.225 e. The second kappa shape index (κ2) is 11.2. The molecule has 14 heteroatoms. The lowest BCUT2D eigenvalue weighted by molar-refractivity contribution is 0.183. The van der Waals surface area contributed by atoms with E-state index in [0.29, 0.717) is 36.0 Å². The number of rotatable bonds is 7. The van der Waals surface area contributed by atoms with Crippen molar-refractivity contribution in [3.05, 3.63) is 42.2 Å². The van der Waals surface area contributed by atoms with E-state index in [2.05, 4.69) is 24.9 Å². The molecule has 6 heterocycles. The van der Waals surface area contributed by atoms with E-state index in [1.807, 2.05) is 22.7 Å². The molecule has 0 amide bonds. The number of nitrogen functional groups attached to an aromatic ring is 1. The van der Waals surface area contributed by atoms with Crippen molar-refractivity contribution in [2.24, 2.45) is 0 Å². The number of fused-ring (bicyclic) bond motifs is 3. The van der Waals surface area contributed by atoms with Gasteiger partial charge in [-0.2, -0.15) is 21.3 Å². The van der Waals surface area contributed by atoms with Crippen LogP contribution in [0.15, 0.2) is 39.8 Å². The molecule has 2 fully saturated rings. The van der Waals surface area contributed by atoms with E-state index < -0.39 is 11.6 Å². The standard InChI is InChI=1S/C27H30F2N8O2S2/c28-18-14-19(29)22(39-17-3-12-40-13-4-17)15-20(18)35-8-5-34(6-9-35)7-10-36-16-41-23-25(36)32-27(30)37-26(23)31-24(33-37)21-2-1-11-38-21/h1-2,11,14-15,17H,3-10,12-13,16H2,(H2,30,32). The van der Waals surface area contributed by atoms with Crippen molar-refractivity contribution in [1.29, 1.82) is 0 Å². The Morgan fingerprint density at radius 2 is 1.88 bits per heavy atom. The molecule has 41 heavy (non-hydrogen) atoms. The number of aromatic nitrogens is 4. The minimum atomic E-state index is -0.637. The summed E-state index contributed by atoms with van der Waals surface area (Å²) in [5.74, 6) is 3.85. The zero-order chi connectivity index (χ0) is 27.9. The zero-order valence-electron chi connectivity index (χ0n) is 22.3. The van der Waals surface area contributed by atoms with Crippen LogP contribution in [0.5, 0.6) is 5.75 Å². The van der Waals surface area contributed by atoms with Crippen molar-refractivity contribution in [3.8, 4) is 17.3 Å². The summed E-state index contributed by atoms with van der Waals surface area (Å²) in [6.07, 6.45) is 3.34. The molecule has 0 atom stereocenters. The van der Waals surface area contributed by atoms with Gasteiger partial charge in [-0.3, -0.25) is 4.90 Å². The van der Waals surface area contributed by atoms with Crippen LogP contribution in [0.2, 0.25) is 0 Å². The van der Waals surface area contributed by atoms with Gasteiger partial charge in [0.15, 0.2) is 28.8 Å². The number of halogens is 2. The molecule has 0 spiro atoms. The maximum atomic E-state index is 14.8. The molecule has 3 aliphatic heterocycles. The molecule has 2 saturated heterocycles. The van der Waals surface area contributed by atoms with E-state index >= 15 is 0 Å². The number of thioether (sulfide) groups is 2. The summed E-state index contributed by atoms with van der Waals surface area (Å²) in [6, 6.07) is 6.10. The van der Waals surface area contributed by atoms with Crippen LogP contribution in [-0.2, 0) is 0 Å². The van der Waals surface area contributed by atoms with Crippen LogP contribution in [0.1, 0.15) is 12.8 Å². The van der Waals surface area contributed by atoms with Crippen molar-refractivity contribution in [2.75, 3.05) is 72.2 Å². The summed E-state index contributed by atoms with van der Waals surface area (Å²) < 4.78 is 42.3. The second-order valence-corrected chi connectivity index (χ2v) is 12.5. The number of furan rings is 1. The molecule has 0 saturated carbocycles. The van der Waals surface area contributed by atoms with Crippen LogP contribution in [0.4, 0.5) is 26.2 Å². The Bertz CT molecular complexity index is 1540. The van der Waals surface area contributed by atoms with Gasteiger partial charge in [-0.05, 0) is 36.5 Å². The Hall–Kier alpha value is -3.23. The summed E-state index contributed by atoms with van der Waals surface area (Å²) in [5, 5.41) is 4.48. The van der Waals surface area contributed by atoms with Crippen molar-refractivity contribution in [1.82, 2.24) is 24.5 Å². The van der Waals surface area contributed by atoms with Crippen LogP contribution >= 0.6 is 23.5 Å². The van der Waals surface area contributed by atoms with Crippen LogP contribution in [0, 0.1) is 11.6 Å². The quantitative estimate of drug-likeness (QED) is 0.330. The Labute approximate surface area is 244 Å². The summed E-state index contributed by atoms with van der Waals surface area (Å²) in [7, 11) is 0. The number of benzene rings is 1. The average Bonchev–Trinajstić information content (AvgIpc) is 3.75. The zero-order valence-corrected chi connectivity index (χ0v) is 24.0. The lowest BCUT2D eigenvalue weighted by Crippen LogP contribution is -2.48. The maximum absolute atomic E-state index is 14.8. The molecule has 3 aromatic heterocycles. The van der Waals surface area contributed by atoms with Crippen molar-refractivity contribution >= 4 is 46.6 Å². The van der Waals surface area contributed by atoms with Gasteiger partial charge in [0.1, 0.15) is 11.9 Å². The highest BCUT2D eigenvalue weighted by Crippen LogP contribution is 2.40. The first kappa shape index (κ1) is 26.7. The first-order chi connectivity index (χ1) is 20.0. The molecule has 7 rings (SSSR count). The Balaban J connectivity index is 0.984. The Morgan fingerprint density at radius 3 is 2.66 bits per heavy atom. The third-order valence-corrected chi connectivity index (χ3v) is 9.86. The Morgan fingerprint density at radius 1 is 1.05 bits per heavy atom. The second-order valence-electron chi connectivity index (χ2n) is 10.3. The molecule has 3 aliphatic rings. The number of piperazine rings is 1. The lowest BCUT2D eigenvalue weighted by atomic mass is 10.2. The number of nitrogens with zero attached hydrogens (tertiary/aromatic N) is 7. The number of hydrogen-bond acceptors (Lipinski definition) is 11. The molecule has 4 aromatic rings. The number of nitrogens with two attached hydrogens (primary N) is 1. The highest BCUT2D eigenvalue weighted by atomic mass is 32.2. The van der Waals surface area contributed by atoms with Crippen molar-refractivity contribution < 1.29 is 17.9 Å². The lowest BCUT2D eigenvalue weighted by Gasteiger charge is -2.37. The summed E-state index contributed by atoms with van der Waals surface area (Å²) in [6.45, 7) is 4.43. The molecule has 1 aromatic carbocycles. The Kier molecular flexibility index (Phi) is 7.29. The SMILES string of the molecule is Nc1nc2c(c3nc(-c4ccco4)nn13)SCN2CCN1CCN(c2cc(OC3CCSCC3)c(F)cc2F)CC1. The van der Waals surface area contributed by atoms with E-state index in [-0.39, 0.29) is 17.8 Å². The average molecular weight is 601 g/mol. The molecule has 0 bridgehead atoms.